The van der Waals surface area contributed by atoms with Gasteiger partial charge in [-0.2, -0.15) is 0 Å². The summed E-state index contributed by atoms with van der Waals surface area (Å²) in [5.74, 6) is 0.756. The number of ether oxygens (including phenoxy) is 1. The molecule has 2 atom stereocenters. The van der Waals surface area contributed by atoms with Crippen molar-refractivity contribution in [3.63, 3.8) is 0 Å². The fraction of sp³-hybridized carbons (Fsp3) is 0.696. The van der Waals surface area contributed by atoms with Crippen molar-refractivity contribution in [2.45, 2.75) is 64.3 Å². The van der Waals surface area contributed by atoms with Crippen LogP contribution in [0.5, 0.6) is 5.75 Å². The number of aliphatic hydroxyl groups is 3. The lowest BCUT2D eigenvalue weighted by molar-refractivity contribution is -0.152. The van der Waals surface area contributed by atoms with Gasteiger partial charge in [-0.05, 0) is 62.8 Å². The number of carbonyl (C=O) groups excluding carboxylic acids is 1. The largest absolute Gasteiger partial charge is 0.490 e. The van der Waals surface area contributed by atoms with Gasteiger partial charge in [0, 0.05) is 39.6 Å². The molecule has 3 N–H and O–H groups in total. The van der Waals surface area contributed by atoms with Crippen LogP contribution in [0.2, 0.25) is 0 Å². The summed E-state index contributed by atoms with van der Waals surface area (Å²) in [4.78, 5) is 15.3. The molecule has 7 heteroatoms. The van der Waals surface area contributed by atoms with E-state index < -0.39 is 17.3 Å². The van der Waals surface area contributed by atoms with Gasteiger partial charge < -0.3 is 25.0 Å². The highest BCUT2D eigenvalue weighted by molar-refractivity contribution is 5.73. The molecule has 30 heavy (non-hydrogen) atoms. The minimum absolute atomic E-state index is 0.00899. The molecule has 0 aromatic heterocycles. The summed E-state index contributed by atoms with van der Waals surface area (Å²) in [7, 11) is 0. The number of benzene rings is 1. The molecular weight excluding hydrogens is 384 g/mol. The highest BCUT2D eigenvalue weighted by atomic mass is 16.5. The quantitative estimate of drug-likeness (QED) is 0.662. The zero-order valence-corrected chi connectivity index (χ0v) is 18.6. The molecule has 0 radical (unpaired) electrons. The lowest BCUT2D eigenvalue weighted by Crippen LogP contribution is -2.62. The molecule has 0 aliphatic carbocycles. The van der Waals surface area contributed by atoms with Crippen LogP contribution in [0.3, 0.4) is 0 Å². The van der Waals surface area contributed by atoms with Gasteiger partial charge in [-0.3, -0.25) is 9.69 Å². The number of rotatable bonds is 5. The highest BCUT2D eigenvalue weighted by Gasteiger charge is 2.44. The van der Waals surface area contributed by atoms with Gasteiger partial charge in [0.2, 0.25) is 5.91 Å². The first-order valence-electron chi connectivity index (χ1n) is 10.8. The Bertz CT molecular complexity index is 775. The van der Waals surface area contributed by atoms with Crippen molar-refractivity contribution in [3.05, 3.63) is 28.8 Å². The second kappa shape index (κ2) is 8.83. The second-order valence-corrected chi connectivity index (χ2v) is 9.34. The van der Waals surface area contributed by atoms with E-state index in [2.05, 4.69) is 6.07 Å². The highest BCUT2D eigenvalue weighted by Crippen LogP contribution is 2.30. The molecule has 2 heterocycles. The molecule has 0 saturated carbocycles. The number of nitrogens with zero attached hydrogens (tertiary/aromatic N) is 2. The van der Waals surface area contributed by atoms with Crippen molar-refractivity contribution in [2.24, 2.45) is 0 Å². The van der Waals surface area contributed by atoms with E-state index in [9.17, 15) is 20.1 Å². The molecule has 2 fully saturated rings. The number of hydrogen-bond acceptors (Lipinski definition) is 6. The van der Waals surface area contributed by atoms with Crippen molar-refractivity contribution in [1.29, 1.82) is 0 Å². The van der Waals surface area contributed by atoms with Crippen molar-refractivity contribution in [3.8, 4) is 5.75 Å². The SMILES string of the molecule is CC(=O)N1CCC(O)(CN2CC[C@H](O)[C@@](O)(COc3cc(C)cc(C)c3C)C2)CC1. The first-order valence-corrected chi connectivity index (χ1v) is 10.8. The van der Waals surface area contributed by atoms with Gasteiger partial charge in [0.25, 0.3) is 0 Å². The summed E-state index contributed by atoms with van der Waals surface area (Å²) >= 11 is 0. The van der Waals surface area contributed by atoms with Crippen LogP contribution in [0.25, 0.3) is 0 Å². The average Bonchev–Trinajstić information content (AvgIpc) is 2.67. The number of β-amino-alcohol motifs (C(OH)–C–C–N with tert-alkyl or cyclic N) is 2. The van der Waals surface area contributed by atoms with Gasteiger partial charge in [0.1, 0.15) is 18.0 Å². The van der Waals surface area contributed by atoms with E-state index in [4.69, 9.17) is 4.74 Å². The van der Waals surface area contributed by atoms with Crippen molar-refractivity contribution >= 4 is 5.91 Å². The van der Waals surface area contributed by atoms with E-state index in [0.717, 1.165) is 22.4 Å². The number of aryl methyl sites for hydroxylation is 2. The number of hydrogen-bond donors (Lipinski definition) is 3. The summed E-state index contributed by atoms with van der Waals surface area (Å²) in [5.41, 5.74) is 0.948. The topological polar surface area (TPSA) is 93.5 Å². The number of carbonyl (C=O) groups is 1. The molecule has 3 rings (SSSR count). The third-order valence-electron chi connectivity index (χ3n) is 6.74. The molecule has 0 unspecified atom stereocenters. The molecule has 168 valence electrons. The monoisotopic (exact) mass is 420 g/mol. The van der Waals surface area contributed by atoms with Gasteiger partial charge >= 0.3 is 0 Å². The van der Waals surface area contributed by atoms with Crippen LogP contribution in [-0.4, -0.2) is 87.7 Å². The lowest BCUT2D eigenvalue weighted by atomic mass is 9.86. The Hall–Kier alpha value is -1.67. The van der Waals surface area contributed by atoms with E-state index >= 15 is 0 Å². The maximum Gasteiger partial charge on any atom is 0.219 e. The second-order valence-electron chi connectivity index (χ2n) is 9.34. The average molecular weight is 421 g/mol. The third-order valence-corrected chi connectivity index (χ3v) is 6.74. The zero-order chi connectivity index (χ0) is 22.1. The van der Waals surface area contributed by atoms with Crippen molar-refractivity contribution in [1.82, 2.24) is 9.80 Å². The summed E-state index contributed by atoms with van der Waals surface area (Å²) in [5, 5.41) is 32.7. The minimum Gasteiger partial charge on any atom is -0.490 e. The predicted octanol–water partition coefficient (Wildman–Crippen LogP) is 1.16. The molecule has 2 saturated heterocycles. The van der Waals surface area contributed by atoms with E-state index in [1.807, 2.05) is 31.7 Å². The maximum absolute atomic E-state index is 11.5. The molecule has 2 aliphatic heterocycles. The molecule has 1 aromatic carbocycles. The number of amides is 1. The zero-order valence-electron chi connectivity index (χ0n) is 18.6. The molecule has 0 bridgehead atoms. The lowest BCUT2D eigenvalue weighted by Gasteiger charge is -2.46. The first-order chi connectivity index (χ1) is 14.0. The van der Waals surface area contributed by atoms with Crippen molar-refractivity contribution < 1.29 is 24.9 Å². The standard InChI is InChI=1S/C23H36N2O5/c1-16-11-17(2)18(3)20(12-16)30-15-23(29)14-24(8-5-21(23)27)13-22(28)6-9-25(10-7-22)19(4)26/h11-12,21,27-29H,5-10,13-15H2,1-4H3/t21-,23-/m0/s1. The van der Waals surface area contributed by atoms with E-state index in [1.54, 1.807) is 11.8 Å². The van der Waals surface area contributed by atoms with Crippen LogP contribution in [-0.2, 0) is 4.79 Å². The summed E-state index contributed by atoms with van der Waals surface area (Å²) in [6.07, 6.45) is 0.570. The van der Waals surface area contributed by atoms with E-state index in [1.165, 1.54) is 0 Å². The summed E-state index contributed by atoms with van der Waals surface area (Å²) < 4.78 is 5.97. The molecule has 7 nitrogen and oxygen atoms in total. The smallest absolute Gasteiger partial charge is 0.219 e. The summed E-state index contributed by atoms with van der Waals surface area (Å²) in [6.45, 7) is 9.89. The maximum atomic E-state index is 11.5. The van der Waals surface area contributed by atoms with Gasteiger partial charge in [-0.15, -0.1) is 0 Å². The first kappa shape index (κ1) is 23.0. The molecule has 1 aromatic rings. The van der Waals surface area contributed by atoms with Crippen LogP contribution < -0.4 is 4.74 Å². The van der Waals surface area contributed by atoms with E-state index in [0.29, 0.717) is 45.4 Å². The normalized spacial score (nSPS) is 27.2. The van der Waals surface area contributed by atoms with Crippen LogP contribution in [0.15, 0.2) is 12.1 Å². The Morgan fingerprint density at radius 1 is 1.17 bits per heavy atom. The number of aliphatic hydroxyl groups excluding tert-OH is 1. The van der Waals surface area contributed by atoms with Crippen LogP contribution >= 0.6 is 0 Å². The number of piperidine rings is 2. The minimum atomic E-state index is -1.40. The van der Waals surface area contributed by atoms with Gasteiger partial charge in [0.15, 0.2) is 0 Å². The summed E-state index contributed by atoms with van der Waals surface area (Å²) in [6, 6.07) is 4.04. The van der Waals surface area contributed by atoms with Crippen LogP contribution in [0, 0.1) is 20.8 Å². The fourth-order valence-corrected chi connectivity index (χ4v) is 4.59. The third kappa shape index (κ3) is 5.14. The molecule has 1 amide bonds. The van der Waals surface area contributed by atoms with Crippen molar-refractivity contribution in [2.75, 3.05) is 39.3 Å². The van der Waals surface area contributed by atoms with Crippen LogP contribution in [0.4, 0.5) is 0 Å². The van der Waals surface area contributed by atoms with Gasteiger partial charge in [-0.1, -0.05) is 6.07 Å². The van der Waals surface area contributed by atoms with Gasteiger partial charge in [0.05, 0.1) is 11.7 Å². The van der Waals surface area contributed by atoms with Crippen LogP contribution in [0.1, 0.15) is 42.9 Å². The van der Waals surface area contributed by atoms with E-state index in [-0.39, 0.29) is 19.1 Å². The number of likely N-dealkylation sites (tertiary alicyclic amines) is 2. The fourth-order valence-electron chi connectivity index (χ4n) is 4.59. The Morgan fingerprint density at radius 3 is 2.47 bits per heavy atom. The Kier molecular flexibility index (Phi) is 6.77. The molecule has 0 spiro atoms. The molecule has 2 aliphatic rings. The Balaban J connectivity index is 1.62. The Morgan fingerprint density at radius 2 is 1.83 bits per heavy atom. The molecular formula is C23H36N2O5. The predicted molar refractivity (Wildman–Crippen MR) is 115 cm³/mol. The Labute approximate surface area is 179 Å². The van der Waals surface area contributed by atoms with Gasteiger partial charge in [-0.25, -0.2) is 0 Å².